The Kier molecular flexibility index (Phi) is 3.31. The van der Waals surface area contributed by atoms with Gasteiger partial charge in [0.15, 0.2) is 0 Å². The number of carbonyl (C=O) groups is 1. The van der Waals surface area contributed by atoms with Crippen LogP contribution in [0.5, 0.6) is 0 Å². The Hall–Kier alpha value is -0.960. The van der Waals surface area contributed by atoms with Crippen LogP contribution in [0.3, 0.4) is 0 Å². The van der Waals surface area contributed by atoms with E-state index in [2.05, 4.69) is 0 Å². The molecule has 1 fully saturated rings. The summed E-state index contributed by atoms with van der Waals surface area (Å²) >= 11 is 1.68. The largest absolute Gasteiger partial charge is 0.478 e. The summed E-state index contributed by atoms with van der Waals surface area (Å²) in [5.41, 5.74) is 0.432. The van der Waals surface area contributed by atoms with Crippen molar-refractivity contribution in [2.45, 2.75) is 24.2 Å². The summed E-state index contributed by atoms with van der Waals surface area (Å²) in [5.74, 6) is 1.04. The van der Waals surface area contributed by atoms with Gasteiger partial charge in [-0.15, -0.1) is 11.8 Å². The standard InChI is InChI=1S/C12H14O2S/c13-12(14)10-6-1-2-7-11(10)15-8-9-4-3-5-9/h1-2,6-7,9H,3-5,8H2,(H,13,14). The van der Waals surface area contributed by atoms with Crippen molar-refractivity contribution in [2.75, 3.05) is 5.75 Å². The van der Waals surface area contributed by atoms with Crippen LogP contribution >= 0.6 is 11.8 Å². The van der Waals surface area contributed by atoms with Crippen molar-refractivity contribution in [1.82, 2.24) is 0 Å². The fourth-order valence-corrected chi connectivity index (χ4v) is 2.87. The van der Waals surface area contributed by atoms with Gasteiger partial charge >= 0.3 is 5.97 Å². The molecule has 1 aliphatic carbocycles. The van der Waals surface area contributed by atoms with E-state index in [1.807, 2.05) is 12.1 Å². The molecule has 1 aromatic rings. The number of aromatic carboxylic acids is 1. The first-order chi connectivity index (χ1) is 7.27. The SMILES string of the molecule is O=C(O)c1ccccc1SCC1CCC1. The Morgan fingerprint density at radius 3 is 2.73 bits per heavy atom. The van der Waals surface area contributed by atoms with E-state index in [0.717, 1.165) is 16.6 Å². The molecule has 0 unspecified atom stereocenters. The van der Waals surface area contributed by atoms with Crippen molar-refractivity contribution in [3.63, 3.8) is 0 Å². The predicted molar refractivity (Wildman–Crippen MR) is 61.5 cm³/mol. The average molecular weight is 222 g/mol. The van der Waals surface area contributed by atoms with Gasteiger partial charge in [-0.1, -0.05) is 18.6 Å². The lowest BCUT2D eigenvalue weighted by Gasteiger charge is -2.24. The number of carboxylic acids is 1. The number of hydrogen-bond acceptors (Lipinski definition) is 2. The highest BCUT2D eigenvalue weighted by Crippen LogP contribution is 2.33. The normalized spacial score (nSPS) is 16.0. The van der Waals surface area contributed by atoms with Crippen LogP contribution in [0.2, 0.25) is 0 Å². The Bertz CT molecular complexity index is 358. The van der Waals surface area contributed by atoms with Crippen LogP contribution in [0.15, 0.2) is 29.2 Å². The highest BCUT2D eigenvalue weighted by Gasteiger charge is 2.18. The minimum Gasteiger partial charge on any atom is -0.478 e. The lowest BCUT2D eigenvalue weighted by molar-refractivity contribution is 0.0693. The van der Waals surface area contributed by atoms with E-state index in [0.29, 0.717) is 5.56 Å². The van der Waals surface area contributed by atoms with Crippen molar-refractivity contribution >= 4 is 17.7 Å². The van der Waals surface area contributed by atoms with E-state index in [-0.39, 0.29) is 0 Å². The molecule has 0 amide bonds. The maximum Gasteiger partial charge on any atom is 0.336 e. The molecule has 0 heterocycles. The van der Waals surface area contributed by atoms with Gasteiger partial charge in [0.2, 0.25) is 0 Å². The van der Waals surface area contributed by atoms with Crippen LogP contribution < -0.4 is 0 Å². The van der Waals surface area contributed by atoms with Crippen LogP contribution in [0, 0.1) is 5.92 Å². The molecule has 1 N–H and O–H groups in total. The summed E-state index contributed by atoms with van der Waals surface area (Å²) in [7, 11) is 0. The van der Waals surface area contributed by atoms with Gasteiger partial charge in [-0.05, 0) is 30.9 Å². The highest BCUT2D eigenvalue weighted by molar-refractivity contribution is 7.99. The van der Waals surface area contributed by atoms with Crippen molar-refractivity contribution in [3.05, 3.63) is 29.8 Å². The number of thioether (sulfide) groups is 1. The van der Waals surface area contributed by atoms with E-state index >= 15 is 0 Å². The quantitative estimate of drug-likeness (QED) is 0.794. The van der Waals surface area contributed by atoms with Gasteiger partial charge in [0.05, 0.1) is 5.56 Å². The maximum atomic E-state index is 10.9. The van der Waals surface area contributed by atoms with Crippen molar-refractivity contribution in [2.24, 2.45) is 5.92 Å². The lowest BCUT2D eigenvalue weighted by Crippen LogP contribution is -2.13. The molecule has 0 atom stereocenters. The van der Waals surface area contributed by atoms with Crippen LogP contribution in [0.25, 0.3) is 0 Å². The number of carboxylic acid groups (broad SMARTS) is 1. The van der Waals surface area contributed by atoms with Gasteiger partial charge in [0.25, 0.3) is 0 Å². The molecule has 0 radical (unpaired) electrons. The van der Waals surface area contributed by atoms with Crippen molar-refractivity contribution < 1.29 is 9.90 Å². The van der Waals surface area contributed by atoms with E-state index in [1.165, 1.54) is 19.3 Å². The molecular formula is C12H14O2S. The molecule has 1 aliphatic rings. The zero-order valence-corrected chi connectivity index (χ0v) is 9.30. The Morgan fingerprint density at radius 2 is 2.13 bits per heavy atom. The molecule has 1 aromatic carbocycles. The monoisotopic (exact) mass is 222 g/mol. The Morgan fingerprint density at radius 1 is 1.40 bits per heavy atom. The second-order valence-corrected chi connectivity index (χ2v) is 4.97. The molecule has 15 heavy (non-hydrogen) atoms. The minimum absolute atomic E-state index is 0.432. The Balaban J connectivity index is 2.02. The first-order valence-corrected chi connectivity index (χ1v) is 6.21. The molecule has 80 valence electrons. The number of rotatable bonds is 4. The second kappa shape index (κ2) is 4.71. The smallest absolute Gasteiger partial charge is 0.336 e. The minimum atomic E-state index is -0.827. The third kappa shape index (κ3) is 2.53. The molecule has 0 aliphatic heterocycles. The van der Waals surface area contributed by atoms with Gasteiger partial charge in [0, 0.05) is 10.6 Å². The molecule has 0 aromatic heterocycles. The van der Waals surface area contributed by atoms with Crippen LogP contribution in [-0.2, 0) is 0 Å². The third-order valence-electron chi connectivity index (χ3n) is 2.82. The second-order valence-electron chi connectivity index (χ2n) is 3.91. The Labute approximate surface area is 93.7 Å². The van der Waals surface area contributed by atoms with Crippen molar-refractivity contribution in [3.8, 4) is 0 Å². The summed E-state index contributed by atoms with van der Waals surface area (Å²) in [5, 5.41) is 8.99. The number of hydrogen-bond donors (Lipinski definition) is 1. The fourth-order valence-electron chi connectivity index (χ4n) is 1.64. The summed E-state index contributed by atoms with van der Waals surface area (Å²) in [6.45, 7) is 0. The summed E-state index contributed by atoms with van der Waals surface area (Å²) in [4.78, 5) is 11.8. The zero-order valence-electron chi connectivity index (χ0n) is 8.48. The van der Waals surface area contributed by atoms with Gasteiger partial charge in [-0.3, -0.25) is 0 Å². The first-order valence-electron chi connectivity index (χ1n) is 5.22. The molecule has 2 rings (SSSR count). The first kappa shape index (κ1) is 10.6. The molecule has 0 saturated heterocycles. The summed E-state index contributed by atoms with van der Waals surface area (Å²) in [6, 6.07) is 7.24. The summed E-state index contributed by atoms with van der Waals surface area (Å²) in [6.07, 6.45) is 3.95. The molecule has 0 spiro atoms. The maximum absolute atomic E-state index is 10.9. The van der Waals surface area contributed by atoms with E-state index in [1.54, 1.807) is 23.9 Å². The van der Waals surface area contributed by atoms with Crippen LogP contribution in [0.4, 0.5) is 0 Å². The molecular weight excluding hydrogens is 208 g/mol. The zero-order chi connectivity index (χ0) is 10.7. The van der Waals surface area contributed by atoms with E-state index < -0.39 is 5.97 Å². The molecule has 2 nitrogen and oxygen atoms in total. The van der Waals surface area contributed by atoms with Crippen LogP contribution in [0.1, 0.15) is 29.6 Å². The predicted octanol–water partition coefficient (Wildman–Crippen LogP) is 3.28. The molecule has 3 heteroatoms. The van der Waals surface area contributed by atoms with E-state index in [9.17, 15) is 4.79 Å². The lowest BCUT2D eigenvalue weighted by atomic mass is 9.87. The fraction of sp³-hybridized carbons (Fsp3) is 0.417. The summed E-state index contributed by atoms with van der Waals surface area (Å²) < 4.78 is 0. The van der Waals surface area contributed by atoms with Gasteiger partial charge in [0.1, 0.15) is 0 Å². The van der Waals surface area contributed by atoms with Crippen LogP contribution in [-0.4, -0.2) is 16.8 Å². The third-order valence-corrected chi connectivity index (χ3v) is 4.12. The van der Waals surface area contributed by atoms with E-state index in [4.69, 9.17) is 5.11 Å². The van der Waals surface area contributed by atoms with Gasteiger partial charge in [-0.2, -0.15) is 0 Å². The van der Waals surface area contributed by atoms with Gasteiger partial charge < -0.3 is 5.11 Å². The van der Waals surface area contributed by atoms with Gasteiger partial charge in [-0.25, -0.2) is 4.79 Å². The van der Waals surface area contributed by atoms with Crippen molar-refractivity contribution in [1.29, 1.82) is 0 Å². The molecule has 1 saturated carbocycles. The number of benzene rings is 1. The average Bonchev–Trinajstić information content (AvgIpc) is 2.16. The highest BCUT2D eigenvalue weighted by atomic mass is 32.2. The topological polar surface area (TPSA) is 37.3 Å². The molecule has 0 bridgehead atoms.